The summed E-state index contributed by atoms with van der Waals surface area (Å²) in [6.45, 7) is 7.55. The molecule has 2 heterocycles. The van der Waals surface area contributed by atoms with E-state index in [-0.39, 0.29) is 6.09 Å². The highest BCUT2D eigenvalue weighted by atomic mass is 16.8. The zero-order valence-corrected chi connectivity index (χ0v) is 15.6. The average Bonchev–Trinajstić information content (AvgIpc) is 2.96. The average molecular weight is 362 g/mol. The fourth-order valence-corrected chi connectivity index (χ4v) is 3.21. The maximum atomic E-state index is 12.4. The van der Waals surface area contributed by atoms with Gasteiger partial charge in [0.15, 0.2) is 5.72 Å². The van der Waals surface area contributed by atoms with Crippen molar-refractivity contribution < 1.29 is 23.9 Å². The van der Waals surface area contributed by atoms with E-state index in [9.17, 15) is 9.59 Å². The lowest BCUT2D eigenvalue weighted by Crippen LogP contribution is -2.55. The minimum absolute atomic E-state index is 0.321. The summed E-state index contributed by atoms with van der Waals surface area (Å²) >= 11 is 0. The first-order valence-corrected chi connectivity index (χ1v) is 8.96. The zero-order chi connectivity index (χ0) is 18.8. The Hall–Kier alpha value is -2.12. The van der Waals surface area contributed by atoms with E-state index < -0.39 is 17.3 Å². The Morgan fingerprint density at radius 1 is 1.08 bits per heavy atom. The van der Waals surface area contributed by atoms with Crippen LogP contribution in [0.25, 0.3) is 0 Å². The van der Waals surface area contributed by atoms with Gasteiger partial charge in [0.2, 0.25) is 0 Å². The van der Waals surface area contributed by atoms with Crippen LogP contribution in [0.1, 0.15) is 44.0 Å². The monoisotopic (exact) mass is 362 g/mol. The summed E-state index contributed by atoms with van der Waals surface area (Å²) in [5.41, 5.74) is -0.684. The third-order valence-corrected chi connectivity index (χ3v) is 4.52. The van der Waals surface area contributed by atoms with E-state index in [1.807, 2.05) is 26.8 Å². The molecule has 7 heteroatoms. The molecule has 142 valence electrons. The Balaban J connectivity index is 1.60. The molecule has 7 nitrogen and oxygen atoms in total. The van der Waals surface area contributed by atoms with E-state index in [0.29, 0.717) is 44.6 Å². The largest absolute Gasteiger partial charge is 0.444 e. The zero-order valence-electron chi connectivity index (χ0n) is 15.6. The van der Waals surface area contributed by atoms with Gasteiger partial charge in [0.1, 0.15) is 5.60 Å². The first-order chi connectivity index (χ1) is 12.3. The number of rotatable bonds is 2. The number of ether oxygens (including phenoxy) is 2. The molecule has 0 atom stereocenters. The topological polar surface area (TPSA) is 68.3 Å². The van der Waals surface area contributed by atoms with E-state index >= 15 is 0 Å². The number of carbonyl (C=O) groups is 2. The van der Waals surface area contributed by atoms with Gasteiger partial charge in [-0.15, -0.1) is 5.06 Å². The number of likely N-dealkylation sites (tertiary alicyclic amines) is 1. The van der Waals surface area contributed by atoms with Crippen molar-refractivity contribution in [2.24, 2.45) is 0 Å². The number of hydrogen-bond acceptors (Lipinski definition) is 6. The van der Waals surface area contributed by atoms with E-state index in [1.165, 1.54) is 0 Å². The van der Waals surface area contributed by atoms with Crippen LogP contribution >= 0.6 is 0 Å². The lowest BCUT2D eigenvalue weighted by atomic mass is 10.0. The molecule has 0 aromatic heterocycles. The molecule has 3 rings (SSSR count). The minimum Gasteiger partial charge on any atom is -0.444 e. The van der Waals surface area contributed by atoms with Crippen LogP contribution in [0.4, 0.5) is 4.79 Å². The first-order valence-electron chi connectivity index (χ1n) is 8.96. The molecule has 0 saturated carbocycles. The minimum atomic E-state index is -0.664. The van der Waals surface area contributed by atoms with Gasteiger partial charge < -0.3 is 19.2 Å². The molecule has 2 fully saturated rings. The lowest BCUT2D eigenvalue weighted by Gasteiger charge is -2.42. The van der Waals surface area contributed by atoms with E-state index in [2.05, 4.69) is 0 Å². The number of nitrogens with zero attached hydrogens (tertiary/aromatic N) is 2. The molecule has 1 aromatic carbocycles. The van der Waals surface area contributed by atoms with Crippen molar-refractivity contribution in [3.8, 4) is 0 Å². The van der Waals surface area contributed by atoms with Gasteiger partial charge in [-0.3, -0.25) is 0 Å². The number of hydrogen-bond donors (Lipinski definition) is 0. The van der Waals surface area contributed by atoms with Gasteiger partial charge in [-0.1, -0.05) is 18.2 Å². The van der Waals surface area contributed by atoms with Gasteiger partial charge in [-0.25, -0.2) is 9.59 Å². The highest BCUT2D eigenvalue weighted by Crippen LogP contribution is 2.35. The van der Waals surface area contributed by atoms with Crippen LogP contribution in [0.5, 0.6) is 0 Å². The Labute approximate surface area is 153 Å². The van der Waals surface area contributed by atoms with Gasteiger partial charge >= 0.3 is 12.1 Å². The molecule has 2 aliphatic heterocycles. The number of benzene rings is 1. The molecule has 0 unspecified atom stereocenters. The van der Waals surface area contributed by atoms with E-state index in [4.69, 9.17) is 14.3 Å². The maximum Gasteiger partial charge on any atom is 0.410 e. The first kappa shape index (κ1) is 18.7. The molecule has 0 aliphatic carbocycles. The fraction of sp³-hybridized carbons (Fsp3) is 0.579. The SMILES string of the molecule is CC(C)(C)OC(=O)N1CCC2(CC1)OCCN2OC(=O)c1ccccc1. The lowest BCUT2D eigenvalue weighted by molar-refractivity contribution is -0.238. The Morgan fingerprint density at radius 2 is 1.73 bits per heavy atom. The highest BCUT2D eigenvalue weighted by molar-refractivity contribution is 5.89. The predicted molar refractivity (Wildman–Crippen MR) is 94.3 cm³/mol. The third-order valence-electron chi connectivity index (χ3n) is 4.52. The Bertz CT molecular complexity index is 648. The van der Waals surface area contributed by atoms with Crippen LogP contribution in [0.2, 0.25) is 0 Å². The molecular formula is C19H26N2O5. The van der Waals surface area contributed by atoms with Crippen LogP contribution in [-0.2, 0) is 14.3 Å². The van der Waals surface area contributed by atoms with Gasteiger partial charge in [0, 0.05) is 25.9 Å². The summed E-state index contributed by atoms with van der Waals surface area (Å²) in [6.07, 6.45) is 0.806. The number of carbonyl (C=O) groups excluding carboxylic acids is 2. The molecular weight excluding hydrogens is 336 g/mol. The van der Waals surface area contributed by atoms with E-state index in [1.54, 1.807) is 34.2 Å². The van der Waals surface area contributed by atoms with Crippen molar-refractivity contribution in [2.75, 3.05) is 26.2 Å². The molecule has 26 heavy (non-hydrogen) atoms. The summed E-state index contributed by atoms with van der Waals surface area (Å²) in [5, 5.41) is 1.63. The molecule has 0 radical (unpaired) electrons. The summed E-state index contributed by atoms with van der Waals surface area (Å²) < 4.78 is 11.4. The van der Waals surface area contributed by atoms with Gasteiger partial charge in [0.05, 0.1) is 18.7 Å². The normalized spacial score (nSPS) is 20.2. The smallest absolute Gasteiger partial charge is 0.410 e. The van der Waals surface area contributed by atoms with Crippen molar-refractivity contribution in [1.29, 1.82) is 0 Å². The van der Waals surface area contributed by atoms with Crippen LogP contribution in [-0.4, -0.2) is 59.6 Å². The number of amides is 1. The summed E-state index contributed by atoms with van der Waals surface area (Å²) in [6, 6.07) is 8.88. The van der Waals surface area contributed by atoms with Gasteiger partial charge in [0.25, 0.3) is 0 Å². The fourth-order valence-electron chi connectivity index (χ4n) is 3.21. The molecule has 1 aromatic rings. The van der Waals surface area contributed by atoms with Crippen molar-refractivity contribution in [3.05, 3.63) is 35.9 Å². The number of hydroxylamine groups is 2. The summed E-state index contributed by atoms with van der Waals surface area (Å²) in [7, 11) is 0. The highest BCUT2D eigenvalue weighted by Gasteiger charge is 2.48. The van der Waals surface area contributed by atoms with E-state index in [0.717, 1.165) is 0 Å². The third kappa shape index (κ3) is 4.16. The van der Waals surface area contributed by atoms with Crippen LogP contribution < -0.4 is 0 Å². The second kappa shape index (κ2) is 7.25. The predicted octanol–water partition coefficient (Wildman–Crippen LogP) is 2.82. The quantitative estimate of drug-likeness (QED) is 0.806. The van der Waals surface area contributed by atoms with Crippen molar-refractivity contribution in [2.45, 2.75) is 44.9 Å². The maximum absolute atomic E-state index is 12.4. The summed E-state index contributed by atoms with van der Waals surface area (Å²) in [5.74, 6) is -0.398. The summed E-state index contributed by atoms with van der Waals surface area (Å²) in [4.78, 5) is 31.9. The second-order valence-corrected chi connectivity index (χ2v) is 7.61. The number of piperidine rings is 1. The molecule has 0 N–H and O–H groups in total. The Kier molecular flexibility index (Phi) is 5.20. The van der Waals surface area contributed by atoms with Gasteiger partial charge in [-0.05, 0) is 32.9 Å². The van der Waals surface area contributed by atoms with Crippen molar-refractivity contribution in [1.82, 2.24) is 9.96 Å². The van der Waals surface area contributed by atoms with Gasteiger partial charge in [-0.2, -0.15) is 0 Å². The standard InChI is InChI=1S/C19H26N2O5/c1-18(2,3)25-17(23)20-11-9-19(10-12-20)21(13-14-24-19)26-16(22)15-7-5-4-6-8-15/h4-8H,9-14H2,1-3H3. The molecule has 2 saturated heterocycles. The molecule has 2 aliphatic rings. The Morgan fingerprint density at radius 3 is 2.35 bits per heavy atom. The van der Waals surface area contributed by atoms with Crippen LogP contribution in [0, 0.1) is 0 Å². The molecule has 1 spiro atoms. The van der Waals surface area contributed by atoms with Crippen LogP contribution in [0.15, 0.2) is 30.3 Å². The van der Waals surface area contributed by atoms with Crippen molar-refractivity contribution in [3.63, 3.8) is 0 Å². The van der Waals surface area contributed by atoms with Crippen LogP contribution in [0.3, 0.4) is 0 Å². The second-order valence-electron chi connectivity index (χ2n) is 7.61. The molecule has 1 amide bonds. The van der Waals surface area contributed by atoms with Crippen molar-refractivity contribution >= 4 is 12.1 Å². The molecule has 0 bridgehead atoms.